The van der Waals surface area contributed by atoms with Crippen molar-refractivity contribution in [2.45, 2.75) is 116 Å². The molecule has 0 aromatic rings. The number of hydrogen-bond acceptors (Lipinski definition) is 2. The minimum absolute atomic E-state index is 0.432. The van der Waals surface area contributed by atoms with E-state index in [2.05, 4.69) is 26.7 Å². The Labute approximate surface area is 179 Å². The van der Waals surface area contributed by atoms with Gasteiger partial charge in [0.1, 0.15) is 5.60 Å². The molecule has 4 aliphatic rings. The first kappa shape index (κ1) is 21.7. The summed E-state index contributed by atoms with van der Waals surface area (Å²) in [6.45, 7) is 9.03. The van der Waals surface area contributed by atoms with Crippen molar-refractivity contribution in [1.82, 2.24) is 0 Å². The van der Waals surface area contributed by atoms with Crippen LogP contribution in [0.3, 0.4) is 0 Å². The predicted octanol–water partition coefficient (Wildman–Crippen LogP) is 5.95. The molecule has 0 heterocycles. The third kappa shape index (κ3) is 3.70. The molecular weight excluding hydrogens is 356 g/mol. The van der Waals surface area contributed by atoms with E-state index >= 15 is 0 Å². The molecule has 0 amide bonds. The Morgan fingerprint density at radius 1 is 0.966 bits per heavy atom. The van der Waals surface area contributed by atoms with E-state index in [4.69, 9.17) is 6.42 Å². The first-order chi connectivity index (χ1) is 13.5. The van der Waals surface area contributed by atoms with Crippen LogP contribution in [0, 0.1) is 52.8 Å². The largest absolute Gasteiger partial charge is 0.390 e. The van der Waals surface area contributed by atoms with Gasteiger partial charge in [0.25, 0.3) is 0 Å². The second kappa shape index (κ2) is 7.27. The van der Waals surface area contributed by atoms with E-state index in [1.807, 2.05) is 0 Å². The molecule has 0 aromatic carbocycles. The molecule has 4 rings (SSSR count). The highest BCUT2D eigenvalue weighted by molar-refractivity contribution is 5.10. The van der Waals surface area contributed by atoms with Gasteiger partial charge >= 0.3 is 0 Å². The van der Waals surface area contributed by atoms with Crippen LogP contribution in [0.15, 0.2) is 0 Å². The van der Waals surface area contributed by atoms with Gasteiger partial charge in [-0.25, -0.2) is 0 Å². The minimum atomic E-state index is -0.939. The Morgan fingerprint density at radius 2 is 1.69 bits per heavy atom. The molecule has 4 aliphatic carbocycles. The van der Waals surface area contributed by atoms with Crippen molar-refractivity contribution in [2.24, 2.45) is 40.4 Å². The van der Waals surface area contributed by atoms with E-state index in [1.165, 1.54) is 51.4 Å². The maximum absolute atomic E-state index is 10.7. The molecule has 164 valence electrons. The second-order valence-corrected chi connectivity index (χ2v) is 12.5. The molecule has 0 aromatic heterocycles. The predicted molar refractivity (Wildman–Crippen MR) is 119 cm³/mol. The van der Waals surface area contributed by atoms with Gasteiger partial charge in [0.15, 0.2) is 0 Å². The number of aliphatic hydroxyl groups is 2. The summed E-state index contributed by atoms with van der Waals surface area (Å²) in [4.78, 5) is 0. The van der Waals surface area contributed by atoms with Crippen LogP contribution in [0.2, 0.25) is 0 Å². The molecule has 0 bridgehead atoms. The number of terminal acetylenes is 1. The quantitative estimate of drug-likeness (QED) is 0.572. The Bertz CT molecular complexity index is 658. The normalized spacial score (nSPS) is 51.3. The summed E-state index contributed by atoms with van der Waals surface area (Å²) in [5, 5.41) is 20.8. The second-order valence-electron chi connectivity index (χ2n) is 12.5. The average molecular weight is 401 g/mol. The Balaban J connectivity index is 1.45. The fraction of sp³-hybridized carbons (Fsp3) is 0.926. The van der Waals surface area contributed by atoms with Crippen molar-refractivity contribution >= 4 is 0 Å². The zero-order chi connectivity index (χ0) is 21.1. The van der Waals surface area contributed by atoms with Crippen molar-refractivity contribution in [3.8, 4) is 12.3 Å². The molecule has 2 N–H and O–H groups in total. The van der Waals surface area contributed by atoms with Gasteiger partial charge in [-0.3, -0.25) is 0 Å². The van der Waals surface area contributed by atoms with Gasteiger partial charge in [-0.05, 0) is 131 Å². The molecular formula is C27H44O2. The average Bonchev–Trinajstić information content (AvgIpc) is 2.99. The van der Waals surface area contributed by atoms with Crippen molar-refractivity contribution in [3.63, 3.8) is 0 Å². The van der Waals surface area contributed by atoms with Gasteiger partial charge < -0.3 is 10.2 Å². The van der Waals surface area contributed by atoms with Crippen molar-refractivity contribution < 1.29 is 10.2 Å². The van der Waals surface area contributed by atoms with Crippen LogP contribution in [-0.2, 0) is 0 Å². The van der Waals surface area contributed by atoms with E-state index in [-0.39, 0.29) is 0 Å². The van der Waals surface area contributed by atoms with Gasteiger partial charge in [0.2, 0.25) is 0 Å². The van der Waals surface area contributed by atoms with E-state index in [9.17, 15) is 10.2 Å². The number of fused-ring (bicyclic) bond motifs is 5. The van der Waals surface area contributed by atoms with Crippen LogP contribution in [0.1, 0.15) is 105 Å². The molecule has 0 unspecified atom stereocenters. The lowest BCUT2D eigenvalue weighted by Crippen LogP contribution is -2.55. The molecule has 0 aliphatic heterocycles. The summed E-state index contributed by atoms with van der Waals surface area (Å²) in [6.07, 6.45) is 20.0. The van der Waals surface area contributed by atoms with Crippen molar-refractivity contribution in [3.05, 3.63) is 0 Å². The minimum Gasteiger partial charge on any atom is -0.390 e. The molecule has 4 fully saturated rings. The third-order valence-corrected chi connectivity index (χ3v) is 10.7. The molecule has 0 spiro atoms. The Hall–Kier alpha value is -0.520. The molecule has 0 radical (unpaired) electrons. The van der Waals surface area contributed by atoms with Gasteiger partial charge in [0.05, 0.1) is 5.60 Å². The van der Waals surface area contributed by atoms with Gasteiger partial charge in [-0.15, -0.1) is 6.42 Å². The molecule has 9 atom stereocenters. The van der Waals surface area contributed by atoms with Crippen LogP contribution in [0.25, 0.3) is 0 Å². The summed E-state index contributed by atoms with van der Waals surface area (Å²) in [5.74, 6) is 6.73. The van der Waals surface area contributed by atoms with Crippen LogP contribution < -0.4 is 0 Å². The highest BCUT2D eigenvalue weighted by Crippen LogP contribution is 2.68. The van der Waals surface area contributed by atoms with Crippen LogP contribution in [0.5, 0.6) is 0 Å². The summed E-state index contributed by atoms with van der Waals surface area (Å²) in [5.41, 5.74) is -0.424. The number of rotatable bonds is 4. The molecule has 2 heteroatoms. The first-order valence-electron chi connectivity index (χ1n) is 12.4. The van der Waals surface area contributed by atoms with Gasteiger partial charge in [0, 0.05) is 0 Å². The standard InChI is InChI=1S/C27H44O2/c1-6-24(2,28)14-7-8-19-10-12-22-21-11-9-20-18-25(3,29)16-17-27(20,5)23(21)13-15-26(19,22)4/h1,19-23,28-29H,7-18H2,2-5H3/t19-,20-,21-,22-,23-,24-,25-,26+,27-/m0/s1. The Morgan fingerprint density at radius 3 is 2.41 bits per heavy atom. The van der Waals surface area contributed by atoms with Crippen molar-refractivity contribution in [2.75, 3.05) is 0 Å². The van der Waals surface area contributed by atoms with E-state index in [0.717, 1.165) is 55.3 Å². The molecule has 4 saturated carbocycles. The lowest BCUT2D eigenvalue weighted by Gasteiger charge is -2.62. The summed E-state index contributed by atoms with van der Waals surface area (Å²) in [7, 11) is 0. The summed E-state index contributed by atoms with van der Waals surface area (Å²) >= 11 is 0. The molecule has 2 nitrogen and oxygen atoms in total. The molecule has 29 heavy (non-hydrogen) atoms. The highest BCUT2D eigenvalue weighted by atomic mass is 16.3. The number of hydrogen-bond donors (Lipinski definition) is 2. The van der Waals surface area contributed by atoms with E-state index in [0.29, 0.717) is 10.8 Å². The maximum atomic E-state index is 10.7. The fourth-order valence-corrected chi connectivity index (χ4v) is 8.78. The van der Waals surface area contributed by atoms with E-state index in [1.54, 1.807) is 6.92 Å². The van der Waals surface area contributed by atoms with Crippen LogP contribution in [-0.4, -0.2) is 21.4 Å². The van der Waals surface area contributed by atoms with Crippen LogP contribution in [0.4, 0.5) is 0 Å². The lowest BCUT2D eigenvalue weighted by atomic mass is 9.44. The van der Waals surface area contributed by atoms with Crippen LogP contribution >= 0.6 is 0 Å². The fourth-order valence-electron chi connectivity index (χ4n) is 8.78. The maximum Gasteiger partial charge on any atom is 0.122 e. The smallest absolute Gasteiger partial charge is 0.122 e. The van der Waals surface area contributed by atoms with Gasteiger partial charge in [-0.1, -0.05) is 19.8 Å². The van der Waals surface area contributed by atoms with Crippen molar-refractivity contribution in [1.29, 1.82) is 0 Å². The van der Waals surface area contributed by atoms with E-state index < -0.39 is 11.2 Å². The first-order valence-corrected chi connectivity index (χ1v) is 12.4. The highest BCUT2D eigenvalue weighted by Gasteiger charge is 2.60. The SMILES string of the molecule is C#C[C@](C)(O)CCC[C@H]1CC[C@H]2[C@@H]3CC[C@H]4C[C@@](C)(O)CC[C@]4(C)[C@H]3CC[C@]12C. The topological polar surface area (TPSA) is 40.5 Å². The Kier molecular flexibility index (Phi) is 5.44. The lowest BCUT2D eigenvalue weighted by molar-refractivity contribution is -0.146. The molecule has 0 saturated heterocycles. The monoisotopic (exact) mass is 400 g/mol. The zero-order valence-corrected chi connectivity index (χ0v) is 19.3. The summed E-state index contributed by atoms with van der Waals surface area (Å²) < 4.78 is 0. The summed E-state index contributed by atoms with van der Waals surface area (Å²) in [6, 6.07) is 0. The third-order valence-electron chi connectivity index (χ3n) is 10.7. The van der Waals surface area contributed by atoms with Gasteiger partial charge in [-0.2, -0.15) is 0 Å². The zero-order valence-electron chi connectivity index (χ0n) is 19.3.